The summed E-state index contributed by atoms with van der Waals surface area (Å²) < 4.78 is 1.62. The lowest BCUT2D eigenvalue weighted by Gasteiger charge is -2.34. The highest BCUT2D eigenvalue weighted by Gasteiger charge is 2.33. The van der Waals surface area contributed by atoms with Crippen molar-refractivity contribution in [3.63, 3.8) is 0 Å². The zero-order valence-electron chi connectivity index (χ0n) is 14.3. The molecule has 0 spiro atoms. The van der Waals surface area contributed by atoms with E-state index in [0.717, 1.165) is 32.0 Å². The number of hydrogen-bond donors (Lipinski definition) is 0. The van der Waals surface area contributed by atoms with Gasteiger partial charge in [0, 0.05) is 38.6 Å². The number of hydrogen-bond acceptors (Lipinski definition) is 5. The molecule has 128 valence electrons. The number of aryl methyl sites for hydroxylation is 1. The summed E-state index contributed by atoms with van der Waals surface area (Å²) in [4.78, 5) is 17.3. The molecule has 1 aromatic rings. The first-order valence-corrected chi connectivity index (χ1v) is 8.86. The van der Waals surface area contributed by atoms with Crippen molar-refractivity contribution in [2.75, 3.05) is 26.2 Å². The van der Waals surface area contributed by atoms with Crippen LogP contribution in [0.4, 0.5) is 0 Å². The molecule has 1 aliphatic carbocycles. The minimum atomic E-state index is 0.222. The van der Waals surface area contributed by atoms with Crippen LogP contribution in [0, 0.1) is 11.8 Å². The van der Waals surface area contributed by atoms with Gasteiger partial charge in [-0.15, -0.1) is 5.10 Å². The first-order chi connectivity index (χ1) is 11.1. The molecule has 2 aliphatic rings. The molecule has 0 unspecified atom stereocenters. The van der Waals surface area contributed by atoms with Crippen molar-refractivity contribution in [2.45, 2.75) is 52.1 Å². The van der Waals surface area contributed by atoms with E-state index in [4.69, 9.17) is 0 Å². The van der Waals surface area contributed by atoms with Crippen molar-refractivity contribution in [3.8, 4) is 0 Å². The SMILES string of the molecule is CC(C)[C@@H]1CN(C(=O)CCn2cnnn2)CCCN1CC1CC1. The molecule has 0 radical (unpaired) electrons. The summed E-state index contributed by atoms with van der Waals surface area (Å²) in [6.07, 6.45) is 5.88. The molecular formula is C16H28N6O. The summed E-state index contributed by atoms with van der Waals surface area (Å²) in [6, 6.07) is 0.482. The van der Waals surface area contributed by atoms with Crippen molar-refractivity contribution in [3.05, 3.63) is 6.33 Å². The number of tetrazole rings is 1. The second-order valence-corrected chi connectivity index (χ2v) is 7.27. The third-order valence-corrected chi connectivity index (χ3v) is 5.01. The minimum absolute atomic E-state index is 0.222. The Balaban J connectivity index is 1.57. The maximum Gasteiger partial charge on any atom is 0.224 e. The van der Waals surface area contributed by atoms with Crippen molar-refractivity contribution < 1.29 is 4.79 Å². The third kappa shape index (κ3) is 4.50. The van der Waals surface area contributed by atoms with Crippen LogP contribution in [0.3, 0.4) is 0 Å². The van der Waals surface area contributed by atoms with E-state index >= 15 is 0 Å². The molecule has 1 saturated heterocycles. The molecule has 0 bridgehead atoms. The molecule has 2 heterocycles. The first-order valence-electron chi connectivity index (χ1n) is 8.86. The molecule has 1 aliphatic heterocycles. The fraction of sp³-hybridized carbons (Fsp3) is 0.875. The van der Waals surface area contributed by atoms with E-state index in [2.05, 4.69) is 39.2 Å². The average Bonchev–Trinajstić information content (AvgIpc) is 3.24. The van der Waals surface area contributed by atoms with Gasteiger partial charge < -0.3 is 4.90 Å². The Labute approximate surface area is 138 Å². The second kappa shape index (κ2) is 7.38. The standard InChI is InChI=1S/C16H28N6O/c1-13(2)15-11-21(8-3-7-20(15)10-14-4-5-14)16(23)6-9-22-12-17-18-19-22/h12-15H,3-11H2,1-2H3/t15-/m0/s1. The van der Waals surface area contributed by atoms with Gasteiger partial charge in [-0.2, -0.15) is 0 Å². The molecule has 23 heavy (non-hydrogen) atoms. The number of rotatable bonds is 6. The molecular weight excluding hydrogens is 292 g/mol. The Hall–Kier alpha value is -1.50. The van der Waals surface area contributed by atoms with E-state index in [9.17, 15) is 4.79 Å². The highest BCUT2D eigenvalue weighted by atomic mass is 16.2. The van der Waals surface area contributed by atoms with Crippen LogP contribution in [0.5, 0.6) is 0 Å². The van der Waals surface area contributed by atoms with Crippen molar-refractivity contribution in [1.29, 1.82) is 0 Å². The summed E-state index contributed by atoms with van der Waals surface area (Å²) >= 11 is 0. The van der Waals surface area contributed by atoms with E-state index in [1.165, 1.54) is 19.4 Å². The maximum atomic E-state index is 12.6. The molecule has 1 atom stereocenters. The lowest BCUT2D eigenvalue weighted by molar-refractivity contribution is -0.132. The van der Waals surface area contributed by atoms with E-state index in [-0.39, 0.29) is 5.91 Å². The Morgan fingerprint density at radius 2 is 2.13 bits per heavy atom. The van der Waals surface area contributed by atoms with Crippen LogP contribution in [0.2, 0.25) is 0 Å². The van der Waals surface area contributed by atoms with Crippen molar-refractivity contribution >= 4 is 5.91 Å². The molecule has 0 aromatic carbocycles. The summed E-state index contributed by atoms with van der Waals surface area (Å²) in [6.45, 7) is 9.18. The van der Waals surface area contributed by atoms with Crippen LogP contribution >= 0.6 is 0 Å². The Morgan fingerprint density at radius 1 is 1.30 bits per heavy atom. The summed E-state index contributed by atoms with van der Waals surface area (Å²) in [7, 11) is 0. The van der Waals surface area contributed by atoms with Gasteiger partial charge in [0.05, 0.1) is 6.54 Å². The van der Waals surface area contributed by atoms with Crippen LogP contribution in [-0.4, -0.2) is 68.1 Å². The monoisotopic (exact) mass is 320 g/mol. The van der Waals surface area contributed by atoms with Gasteiger partial charge in [-0.25, -0.2) is 4.68 Å². The fourth-order valence-corrected chi connectivity index (χ4v) is 3.43. The van der Waals surface area contributed by atoms with Gasteiger partial charge in [0.15, 0.2) is 0 Å². The smallest absolute Gasteiger partial charge is 0.224 e. The summed E-state index contributed by atoms with van der Waals surface area (Å²) in [5.74, 6) is 1.69. The normalized spacial score (nSPS) is 23.3. The predicted octanol–water partition coefficient (Wildman–Crippen LogP) is 1.03. The molecule has 7 heteroatoms. The number of nitrogens with zero attached hydrogens (tertiary/aromatic N) is 6. The van der Waals surface area contributed by atoms with Crippen molar-refractivity contribution in [1.82, 2.24) is 30.0 Å². The Kier molecular flexibility index (Phi) is 5.25. The number of carbonyl (C=O) groups is 1. The van der Waals surface area contributed by atoms with Crippen LogP contribution in [0.25, 0.3) is 0 Å². The molecule has 1 saturated carbocycles. The maximum absolute atomic E-state index is 12.6. The molecule has 1 amide bonds. The summed E-state index contributed by atoms with van der Waals surface area (Å²) in [5, 5.41) is 11.0. The molecule has 3 rings (SSSR count). The van der Waals surface area contributed by atoms with Gasteiger partial charge in [0.1, 0.15) is 6.33 Å². The highest BCUT2D eigenvalue weighted by Crippen LogP contribution is 2.31. The average molecular weight is 320 g/mol. The van der Waals surface area contributed by atoms with Crippen LogP contribution in [-0.2, 0) is 11.3 Å². The van der Waals surface area contributed by atoms with E-state index in [0.29, 0.717) is 24.9 Å². The number of carbonyl (C=O) groups excluding carboxylic acids is 1. The molecule has 1 aromatic heterocycles. The van der Waals surface area contributed by atoms with Crippen molar-refractivity contribution in [2.24, 2.45) is 11.8 Å². The second-order valence-electron chi connectivity index (χ2n) is 7.27. The number of amides is 1. The zero-order chi connectivity index (χ0) is 16.2. The topological polar surface area (TPSA) is 67.2 Å². The van der Waals surface area contributed by atoms with Crippen LogP contribution in [0.15, 0.2) is 6.33 Å². The third-order valence-electron chi connectivity index (χ3n) is 5.01. The first kappa shape index (κ1) is 16.4. The largest absolute Gasteiger partial charge is 0.341 e. The lowest BCUT2D eigenvalue weighted by atomic mass is 10.0. The summed E-state index contributed by atoms with van der Waals surface area (Å²) in [5.41, 5.74) is 0. The molecule has 0 N–H and O–H groups in total. The van der Waals surface area contributed by atoms with Gasteiger partial charge in [0.2, 0.25) is 5.91 Å². The van der Waals surface area contributed by atoms with Gasteiger partial charge in [-0.1, -0.05) is 13.8 Å². The van der Waals surface area contributed by atoms with E-state index < -0.39 is 0 Å². The Morgan fingerprint density at radius 3 is 2.78 bits per heavy atom. The fourth-order valence-electron chi connectivity index (χ4n) is 3.43. The lowest BCUT2D eigenvalue weighted by Crippen LogP contribution is -2.46. The predicted molar refractivity (Wildman–Crippen MR) is 86.6 cm³/mol. The van der Waals surface area contributed by atoms with Gasteiger partial charge >= 0.3 is 0 Å². The van der Waals surface area contributed by atoms with Gasteiger partial charge in [0.25, 0.3) is 0 Å². The minimum Gasteiger partial charge on any atom is -0.341 e. The van der Waals surface area contributed by atoms with Gasteiger partial charge in [-0.3, -0.25) is 9.69 Å². The quantitative estimate of drug-likeness (QED) is 0.783. The van der Waals surface area contributed by atoms with E-state index in [1.807, 2.05) is 0 Å². The van der Waals surface area contributed by atoms with E-state index in [1.54, 1.807) is 11.0 Å². The zero-order valence-corrected chi connectivity index (χ0v) is 14.3. The molecule has 7 nitrogen and oxygen atoms in total. The highest BCUT2D eigenvalue weighted by molar-refractivity contribution is 5.76. The Bertz CT molecular complexity index is 499. The van der Waals surface area contributed by atoms with Crippen LogP contribution in [0.1, 0.15) is 39.5 Å². The molecule has 2 fully saturated rings. The van der Waals surface area contributed by atoms with Crippen LogP contribution < -0.4 is 0 Å². The van der Waals surface area contributed by atoms with Gasteiger partial charge in [-0.05, 0) is 41.5 Å². The number of aromatic nitrogens is 4.